The Bertz CT molecular complexity index is 675. The van der Waals surface area contributed by atoms with Crippen LogP contribution >= 0.6 is 27.5 Å². The summed E-state index contributed by atoms with van der Waals surface area (Å²) in [4.78, 5) is 0. The van der Waals surface area contributed by atoms with Gasteiger partial charge in [0.15, 0.2) is 0 Å². The molecule has 0 amide bonds. The molecule has 0 atom stereocenters. The molecule has 2 nitrogen and oxygen atoms in total. The number of nitriles is 1. The number of nitrogens with zero attached hydrogens (tertiary/aromatic N) is 1. The number of rotatable bonds is 2. The minimum atomic E-state index is 0.606. The van der Waals surface area contributed by atoms with Crippen molar-refractivity contribution in [2.45, 2.75) is 13.8 Å². The van der Waals surface area contributed by atoms with Crippen LogP contribution in [0.4, 0.5) is 11.4 Å². The lowest BCUT2D eigenvalue weighted by atomic mass is 10.1. The third-order valence-electron chi connectivity index (χ3n) is 2.81. The molecule has 0 spiro atoms. The maximum absolute atomic E-state index is 9.13. The van der Waals surface area contributed by atoms with Gasteiger partial charge in [-0.3, -0.25) is 0 Å². The smallest absolute Gasteiger partial charge is 0.101 e. The fourth-order valence-electron chi connectivity index (χ4n) is 1.75. The van der Waals surface area contributed by atoms with Gasteiger partial charge in [-0.1, -0.05) is 17.7 Å². The van der Waals surface area contributed by atoms with Gasteiger partial charge in [0.25, 0.3) is 0 Å². The zero-order valence-electron chi connectivity index (χ0n) is 10.6. The number of nitrogens with one attached hydrogen (secondary N) is 1. The van der Waals surface area contributed by atoms with Gasteiger partial charge >= 0.3 is 0 Å². The lowest BCUT2D eigenvalue weighted by Crippen LogP contribution is -1.96. The second kappa shape index (κ2) is 5.64. The van der Waals surface area contributed by atoms with Crippen LogP contribution in [0.25, 0.3) is 0 Å². The van der Waals surface area contributed by atoms with Gasteiger partial charge in [-0.05, 0) is 65.2 Å². The molecular weight excluding hydrogens is 324 g/mol. The van der Waals surface area contributed by atoms with Gasteiger partial charge in [0.2, 0.25) is 0 Å². The zero-order chi connectivity index (χ0) is 14.0. The maximum atomic E-state index is 9.13. The lowest BCUT2D eigenvalue weighted by molar-refractivity contribution is 1.39. The van der Waals surface area contributed by atoms with Gasteiger partial charge in [-0.15, -0.1) is 0 Å². The summed E-state index contributed by atoms with van der Waals surface area (Å²) in [5, 5.41) is 13.1. The number of halogens is 2. The predicted molar refractivity (Wildman–Crippen MR) is 83.1 cm³/mol. The van der Waals surface area contributed by atoms with E-state index in [1.165, 1.54) is 0 Å². The molecule has 2 aromatic carbocycles. The summed E-state index contributed by atoms with van der Waals surface area (Å²) in [5.74, 6) is 0. The van der Waals surface area contributed by atoms with Crippen LogP contribution in [-0.2, 0) is 0 Å². The average molecular weight is 336 g/mol. The summed E-state index contributed by atoms with van der Waals surface area (Å²) < 4.78 is 0.916. The van der Waals surface area contributed by atoms with Crippen LogP contribution in [0.5, 0.6) is 0 Å². The van der Waals surface area contributed by atoms with Crippen LogP contribution < -0.4 is 5.32 Å². The molecule has 0 heterocycles. The minimum absolute atomic E-state index is 0.606. The van der Waals surface area contributed by atoms with E-state index in [-0.39, 0.29) is 0 Å². The third kappa shape index (κ3) is 3.09. The van der Waals surface area contributed by atoms with Gasteiger partial charge in [0.1, 0.15) is 6.07 Å². The first-order chi connectivity index (χ1) is 9.01. The molecule has 96 valence electrons. The van der Waals surface area contributed by atoms with Crippen LogP contribution in [0, 0.1) is 25.2 Å². The topological polar surface area (TPSA) is 35.8 Å². The summed E-state index contributed by atoms with van der Waals surface area (Å²) in [6.45, 7) is 3.94. The number of hydrogen-bond donors (Lipinski definition) is 1. The molecule has 2 aromatic rings. The minimum Gasteiger partial charge on any atom is -0.353 e. The molecule has 1 N–H and O–H groups in total. The predicted octanol–water partition coefficient (Wildman–Crippen LogP) is 5.33. The summed E-state index contributed by atoms with van der Waals surface area (Å²) in [7, 11) is 0. The molecule has 0 aliphatic carbocycles. The van der Waals surface area contributed by atoms with E-state index in [4.69, 9.17) is 16.9 Å². The van der Waals surface area contributed by atoms with Gasteiger partial charge < -0.3 is 5.32 Å². The Hall–Kier alpha value is -1.50. The summed E-state index contributed by atoms with van der Waals surface area (Å²) in [5.41, 5.74) is 4.33. The lowest BCUT2D eigenvalue weighted by Gasteiger charge is -2.12. The van der Waals surface area contributed by atoms with Crippen molar-refractivity contribution in [1.29, 1.82) is 5.26 Å². The Labute approximate surface area is 126 Å². The monoisotopic (exact) mass is 334 g/mol. The average Bonchev–Trinajstić information content (AvgIpc) is 2.36. The van der Waals surface area contributed by atoms with Crippen molar-refractivity contribution in [3.05, 3.63) is 56.5 Å². The summed E-state index contributed by atoms with van der Waals surface area (Å²) in [6, 6.07) is 11.6. The van der Waals surface area contributed by atoms with E-state index >= 15 is 0 Å². The molecule has 0 aromatic heterocycles. The van der Waals surface area contributed by atoms with Crippen LogP contribution in [0.2, 0.25) is 5.02 Å². The maximum Gasteiger partial charge on any atom is 0.101 e. The van der Waals surface area contributed by atoms with E-state index < -0.39 is 0 Å². The normalized spacial score (nSPS) is 10.1. The molecule has 0 unspecified atom stereocenters. The molecule has 0 saturated carbocycles. The second-order valence-electron chi connectivity index (χ2n) is 4.37. The Morgan fingerprint density at radius 1 is 1.16 bits per heavy atom. The largest absolute Gasteiger partial charge is 0.353 e. The van der Waals surface area contributed by atoms with Crippen molar-refractivity contribution in [2.24, 2.45) is 0 Å². The fourth-order valence-corrected chi connectivity index (χ4v) is 2.47. The van der Waals surface area contributed by atoms with E-state index in [1.807, 2.05) is 38.1 Å². The molecule has 4 heteroatoms. The zero-order valence-corrected chi connectivity index (χ0v) is 12.9. The van der Waals surface area contributed by atoms with Crippen molar-refractivity contribution < 1.29 is 0 Å². The molecule has 0 bridgehead atoms. The highest BCUT2D eigenvalue weighted by Gasteiger charge is 2.07. The molecular formula is C15H12BrClN2. The van der Waals surface area contributed by atoms with E-state index in [1.54, 1.807) is 6.07 Å². The van der Waals surface area contributed by atoms with Gasteiger partial charge in [-0.2, -0.15) is 5.26 Å². The molecule has 0 aliphatic heterocycles. The Morgan fingerprint density at radius 3 is 2.58 bits per heavy atom. The van der Waals surface area contributed by atoms with E-state index in [2.05, 4.69) is 27.3 Å². The summed E-state index contributed by atoms with van der Waals surface area (Å²) >= 11 is 9.63. The first kappa shape index (κ1) is 13.9. The Kier molecular flexibility index (Phi) is 4.14. The van der Waals surface area contributed by atoms with Gasteiger partial charge in [0, 0.05) is 9.50 Å². The van der Waals surface area contributed by atoms with Crippen molar-refractivity contribution in [3.63, 3.8) is 0 Å². The van der Waals surface area contributed by atoms with E-state index in [0.717, 1.165) is 27.0 Å². The van der Waals surface area contributed by atoms with Crippen LogP contribution in [0.15, 0.2) is 34.8 Å². The first-order valence-corrected chi connectivity index (χ1v) is 6.92. The first-order valence-electron chi connectivity index (χ1n) is 5.74. The second-order valence-corrected chi connectivity index (χ2v) is 5.63. The number of benzene rings is 2. The molecule has 0 saturated heterocycles. The van der Waals surface area contributed by atoms with Crippen molar-refractivity contribution in [2.75, 3.05) is 5.32 Å². The van der Waals surface area contributed by atoms with Crippen molar-refractivity contribution in [3.8, 4) is 6.07 Å². The number of hydrogen-bond acceptors (Lipinski definition) is 2. The van der Waals surface area contributed by atoms with E-state index in [9.17, 15) is 0 Å². The molecule has 19 heavy (non-hydrogen) atoms. The highest BCUT2D eigenvalue weighted by molar-refractivity contribution is 9.10. The fraction of sp³-hybridized carbons (Fsp3) is 0.133. The van der Waals surface area contributed by atoms with E-state index in [0.29, 0.717) is 10.6 Å². The molecule has 0 radical (unpaired) electrons. The van der Waals surface area contributed by atoms with Gasteiger partial charge in [0.05, 0.1) is 16.9 Å². The van der Waals surface area contributed by atoms with Gasteiger partial charge in [-0.25, -0.2) is 0 Å². The van der Waals surface area contributed by atoms with Crippen LogP contribution in [0.3, 0.4) is 0 Å². The number of anilines is 2. The molecule has 0 fully saturated rings. The summed E-state index contributed by atoms with van der Waals surface area (Å²) in [6.07, 6.45) is 0. The van der Waals surface area contributed by atoms with Crippen molar-refractivity contribution >= 4 is 38.9 Å². The third-order valence-corrected chi connectivity index (χ3v) is 3.88. The molecule has 0 aliphatic rings. The molecule has 2 rings (SSSR count). The highest BCUT2D eigenvalue weighted by Crippen LogP contribution is 2.32. The Morgan fingerprint density at radius 2 is 1.89 bits per heavy atom. The van der Waals surface area contributed by atoms with Crippen molar-refractivity contribution in [1.82, 2.24) is 0 Å². The van der Waals surface area contributed by atoms with Crippen LogP contribution in [-0.4, -0.2) is 0 Å². The standard InChI is InChI=1S/C15H12BrClN2/c1-9-3-4-11(8-18)14(5-9)19-15-7-13(17)10(2)6-12(15)16/h3-7,19H,1-2H3. The SMILES string of the molecule is Cc1ccc(C#N)c(Nc2cc(Cl)c(C)cc2Br)c1. The quantitative estimate of drug-likeness (QED) is 0.804. The number of aryl methyl sites for hydroxylation is 2. The Balaban J connectivity index is 2.45. The van der Waals surface area contributed by atoms with Crippen LogP contribution in [0.1, 0.15) is 16.7 Å². The highest BCUT2D eigenvalue weighted by atomic mass is 79.9.